The molecule has 0 aliphatic carbocycles. The molecule has 0 unspecified atom stereocenters. The molecule has 0 radical (unpaired) electrons. The van der Waals surface area contributed by atoms with Crippen molar-refractivity contribution in [1.82, 2.24) is 29.6 Å². The Balaban J connectivity index is 1.34. The zero-order chi connectivity index (χ0) is 17.9. The van der Waals surface area contributed by atoms with E-state index in [1.165, 1.54) is 0 Å². The van der Waals surface area contributed by atoms with Crippen molar-refractivity contribution in [3.63, 3.8) is 0 Å². The molecule has 3 aromatic rings. The van der Waals surface area contributed by atoms with Crippen LogP contribution in [0.5, 0.6) is 0 Å². The molecule has 0 amide bonds. The molecular formula is C18H22N6OS. The Bertz CT molecular complexity index is 837. The second-order valence-electron chi connectivity index (χ2n) is 6.63. The van der Waals surface area contributed by atoms with Gasteiger partial charge in [0.25, 0.3) is 0 Å². The summed E-state index contributed by atoms with van der Waals surface area (Å²) in [5, 5.41) is 19.6. The highest BCUT2D eigenvalue weighted by molar-refractivity contribution is 7.13. The number of rotatable bonds is 5. The number of thiophene rings is 1. The SMILES string of the molecule is Cn1c(CO)nnc1C1CCN(Cc2cnc(-c3cccs3)nc2)CC1. The molecular weight excluding hydrogens is 348 g/mol. The minimum absolute atomic E-state index is 0.0657. The van der Waals surface area contributed by atoms with Crippen molar-refractivity contribution in [2.45, 2.75) is 31.9 Å². The van der Waals surface area contributed by atoms with Crippen LogP contribution in [-0.2, 0) is 20.2 Å². The molecule has 0 saturated carbocycles. The first-order chi connectivity index (χ1) is 12.7. The van der Waals surface area contributed by atoms with Gasteiger partial charge in [-0.2, -0.15) is 0 Å². The maximum Gasteiger partial charge on any atom is 0.169 e. The number of aliphatic hydroxyl groups is 1. The first-order valence-electron chi connectivity index (χ1n) is 8.80. The van der Waals surface area contributed by atoms with E-state index in [1.807, 2.05) is 41.5 Å². The Hall–Kier alpha value is -2.16. The number of aromatic nitrogens is 5. The first kappa shape index (κ1) is 17.3. The molecule has 1 aliphatic heterocycles. The Labute approximate surface area is 156 Å². The molecule has 0 aromatic carbocycles. The van der Waals surface area contributed by atoms with E-state index in [9.17, 15) is 5.11 Å². The highest BCUT2D eigenvalue weighted by Gasteiger charge is 2.25. The lowest BCUT2D eigenvalue weighted by atomic mass is 9.95. The van der Waals surface area contributed by atoms with Gasteiger partial charge in [-0.1, -0.05) is 6.07 Å². The summed E-state index contributed by atoms with van der Waals surface area (Å²) in [5.74, 6) is 2.81. The van der Waals surface area contributed by atoms with E-state index in [-0.39, 0.29) is 6.61 Å². The summed E-state index contributed by atoms with van der Waals surface area (Å²) in [6, 6.07) is 4.06. The lowest BCUT2D eigenvalue weighted by molar-refractivity contribution is 0.199. The molecule has 3 aromatic heterocycles. The van der Waals surface area contributed by atoms with Gasteiger partial charge < -0.3 is 9.67 Å². The van der Waals surface area contributed by atoms with Gasteiger partial charge in [0.1, 0.15) is 12.4 Å². The Morgan fingerprint density at radius 3 is 2.58 bits per heavy atom. The third-order valence-corrected chi connectivity index (χ3v) is 5.81. The van der Waals surface area contributed by atoms with E-state index in [2.05, 4.69) is 25.1 Å². The topological polar surface area (TPSA) is 80.0 Å². The van der Waals surface area contributed by atoms with Crippen molar-refractivity contribution < 1.29 is 5.11 Å². The van der Waals surface area contributed by atoms with Crippen LogP contribution in [0.25, 0.3) is 10.7 Å². The van der Waals surface area contributed by atoms with Crippen LogP contribution < -0.4 is 0 Å². The number of piperidine rings is 1. The Kier molecular flexibility index (Phi) is 5.05. The molecule has 8 heteroatoms. The fourth-order valence-corrected chi connectivity index (χ4v) is 4.12. The summed E-state index contributed by atoms with van der Waals surface area (Å²) in [7, 11) is 1.93. The van der Waals surface area contributed by atoms with Crippen molar-refractivity contribution in [1.29, 1.82) is 0 Å². The normalized spacial score (nSPS) is 16.2. The molecule has 1 N–H and O–H groups in total. The van der Waals surface area contributed by atoms with Crippen molar-refractivity contribution >= 4 is 11.3 Å². The predicted molar refractivity (Wildman–Crippen MR) is 99.5 cm³/mol. The number of likely N-dealkylation sites (tertiary alicyclic amines) is 1. The van der Waals surface area contributed by atoms with E-state index < -0.39 is 0 Å². The number of aliphatic hydroxyl groups excluding tert-OH is 1. The van der Waals surface area contributed by atoms with Gasteiger partial charge in [-0.25, -0.2) is 9.97 Å². The number of nitrogens with zero attached hydrogens (tertiary/aromatic N) is 6. The van der Waals surface area contributed by atoms with Gasteiger partial charge in [-0.3, -0.25) is 4.90 Å². The molecule has 0 bridgehead atoms. The second kappa shape index (κ2) is 7.61. The smallest absolute Gasteiger partial charge is 0.169 e. The molecule has 4 heterocycles. The fourth-order valence-electron chi connectivity index (χ4n) is 3.45. The summed E-state index contributed by atoms with van der Waals surface area (Å²) in [6.45, 7) is 2.83. The highest BCUT2D eigenvalue weighted by Crippen LogP contribution is 2.27. The van der Waals surface area contributed by atoms with Gasteiger partial charge in [0.05, 0.1) is 4.88 Å². The monoisotopic (exact) mass is 370 g/mol. The second-order valence-corrected chi connectivity index (χ2v) is 7.58. The molecule has 0 spiro atoms. The van der Waals surface area contributed by atoms with Crippen molar-refractivity contribution in [2.75, 3.05) is 13.1 Å². The molecule has 26 heavy (non-hydrogen) atoms. The van der Waals surface area contributed by atoms with Crippen LogP contribution in [0.15, 0.2) is 29.9 Å². The Morgan fingerprint density at radius 2 is 1.96 bits per heavy atom. The van der Waals surface area contributed by atoms with E-state index in [0.29, 0.717) is 11.7 Å². The summed E-state index contributed by atoms with van der Waals surface area (Å²) in [4.78, 5) is 12.5. The largest absolute Gasteiger partial charge is 0.388 e. The van der Waals surface area contributed by atoms with Crippen LogP contribution >= 0.6 is 11.3 Å². The lowest BCUT2D eigenvalue weighted by Gasteiger charge is -2.31. The van der Waals surface area contributed by atoms with Gasteiger partial charge in [0, 0.05) is 37.5 Å². The maximum absolute atomic E-state index is 9.27. The van der Waals surface area contributed by atoms with E-state index in [0.717, 1.165) is 54.6 Å². The molecule has 7 nitrogen and oxygen atoms in total. The summed E-state index contributed by atoms with van der Waals surface area (Å²) >= 11 is 1.66. The summed E-state index contributed by atoms with van der Waals surface area (Å²) in [6.07, 6.45) is 5.96. The van der Waals surface area contributed by atoms with Crippen LogP contribution in [-0.4, -0.2) is 47.8 Å². The Morgan fingerprint density at radius 1 is 1.19 bits per heavy atom. The van der Waals surface area contributed by atoms with Crippen molar-refractivity contribution in [2.24, 2.45) is 7.05 Å². The summed E-state index contributed by atoms with van der Waals surface area (Å²) in [5.41, 5.74) is 1.14. The van der Waals surface area contributed by atoms with Gasteiger partial charge in [-0.05, 0) is 37.4 Å². The van der Waals surface area contributed by atoms with E-state index >= 15 is 0 Å². The van der Waals surface area contributed by atoms with Crippen LogP contribution in [0.2, 0.25) is 0 Å². The molecule has 136 valence electrons. The first-order valence-corrected chi connectivity index (χ1v) is 9.68. The minimum Gasteiger partial charge on any atom is -0.388 e. The average molecular weight is 370 g/mol. The minimum atomic E-state index is -0.0657. The van der Waals surface area contributed by atoms with Crippen LogP contribution in [0.1, 0.15) is 36.0 Å². The average Bonchev–Trinajstić information content (AvgIpc) is 3.33. The third-order valence-electron chi connectivity index (χ3n) is 4.95. The predicted octanol–water partition coefficient (Wildman–Crippen LogP) is 2.21. The maximum atomic E-state index is 9.27. The van der Waals surface area contributed by atoms with Crippen molar-refractivity contribution in [3.8, 4) is 10.7 Å². The number of hydrogen-bond donors (Lipinski definition) is 1. The van der Waals surface area contributed by atoms with Gasteiger partial charge in [-0.15, -0.1) is 21.5 Å². The highest BCUT2D eigenvalue weighted by atomic mass is 32.1. The van der Waals surface area contributed by atoms with E-state index in [1.54, 1.807) is 11.3 Å². The van der Waals surface area contributed by atoms with Crippen LogP contribution in [0.3, 0.4) is 0 Å². The lowest BCUT2D eigenvalue weighted by Crippen LogP contribution is -2.33. The molecule has 1 aliphatic rings. The van der Waals surface area contributed by atoms with Gasteiger partial charge in [0.15, 0.2) is 11.6 Å². The molecule has 0 atom stereocenters. The van der Waals surface area contributed by atoms with E-state index in [4.69, 9.17) is 0 Å². The number of hydrogen-bond acceptors (Lipinski definition) is 7. The summed E-state index contributed by atoms with van der Waals surface area (Å²) < 4.78 is 1.93. The standard InChI is InChI=1S/C18H22N6OS/c1-23-16(12-25)21-22-18(23)14-4-6-24(7-5-14)11-13-9-19-17(20-10-13)15-3-2-8-26-15/h2-3,8-10,14,25H,4-7,11-12H2,1H3. The molecule has 1 fully saturated rings. The van der Waals surface area contributed by atoms with Crippen LogP contribution in [0.4, 0.5) is 0 Å². The zero-order valence-corrected chi connectivity index (χ0v) is 15.6. The quantitative estimate of drug-likeness (QED) is 0.742. The zero-order valence-electron chi connectivity index (χ0n) is 14.7. The van der Waals surface area contributed by atoms with Gasteiger partial charge in [0.2, 0.25) is 0 Å². The fraction of sp³-hybridized carbons (Fsp3) is 0.444. The third kappa shape index (κ3) is 3.53. The molecule has 1 saturated heterocycles. The van der Waals surface area contributed by atoms with Gasteiger partial charge >= 0.3 is 0 Å². The van der Waals surface area contributed by atoms with Crippen molar-refractivity contribution in [3.05, 3.63) is 47.1 Å². The molecule has 4 rings (SSSR count). The van der Waals surface area contributed by atoms with Crippen LogP contribution in [0, 0.1) is 0 Å².